The summed E-state index contributed by atoms with van der Waals surface area (Å²) in [5.41, 5.74) is 0. The second kappa shape index (κ2) is 2.59. The van der Waals surface area contributed by atoms with E-state index in [9.17, 15) is 13.2 Å². The van der Waals surface area contributed by atoms with E-state index in [2.05, 4.69) is 9.24 Å². The Labute approximate surface area is 58.3 Å². The Morgan fingerprint density at radius 2 is 1.40 bits per heavy atom. The fourth-order valence-corrected chi connectivity index (χ4v) is 0.868. The lowest BCUT2D eigenvalue weighted by Gasteiger charge is -1.95. The van der Waals surface area contributed by atoms with Crippen molar-refractivity contribution in [1.29, 1.82) is 0 Å². The normalized spacial score (nSPS) is 10.0. The first-order valence-electron chi connectivity index (χ1n) is 2.51. The molecule has 1 rings (SSSR count). The lowest BCUT2D eigenvalue weighted by molar-refractivity contribution is 0.448. The summed E-state index contributed by atoms with van der Waals surface area (Å²) in [6.07, 6.45) is 0. The zero-order valence-electron chi connectivity index (χ0n) is 4.87. The third kappa shape index (κ3) is 1.29. The Balaban J connectivity index is 3.31. The van der Waals surface area contributed by atoms with E-state index in [1.165, 1.54) is 0 Å². The molecule has 0 radical (unpaired) electrons. The molecule has 0 aliphatic heterocycles. The second-order valence-electron chi connectivity index (χ2n) is 1.80. The van der Waals surface area contributed by atoms with E-state index < -0.39 is 17.5 Å². The maximum absolute atomic E-state index is 12.2. The zero-order chi connectivity index (χ0) is 7.72. The highest BCUT2D eigenvalue weighted by atomic mass is 31.0. The van der Waals surface area contributed by atoms with Gasteiger partial charge < -0.3 is 0 Å². The van der Waals surface area contributed by atoms with Crippen LogP contribution in [-0.4, -0.2) is 0 Å². The number of halogens is 3. The Morgan fingerprint density at radius 3 is 1.80 bits per heavy atom. The summed E-state index contributed by atoms with van der Waals surface area (Å²) in [4.78, 5) is 0. The van der Waals surface area contributed by atoms with E-state index in [1.54, 1.807) is 0 Å². The van der Waals surface area contributed by atoms with Crippen LogP contribution in [0.5, 0.6) is 0 Å². The molecule has 0 heterocycles. The summed E-state index contributed by atoms with van der Waals surface area (Å²) in [6.45, 7) is 0. The molecule has 0 saturated carbocycles. The summed E-state index contributed by atoms with van der Waals surface area (Å²) in [5.74, 6) is -3.75. The number of benzene rings is 1. The van der Waals surface area contributed by atoms with Crippen molar-refractivity contribution in [1.82, 2.24) is 0 Å². The van der Waals surface area contributed by atoms with Crippen LogP contribution in [0.2, 0.25) is 0 Å². The van der Waals surface area contributed by atoms with Gasteiger partial charge in [0.15, 0.2) is 17.5 Å². The van der Waals surface area contributed by atoms with Gasteiger partial charge in [-0.15, -0.1) is 9.24 Å². The van der Waals surface area contributed by atoms with Gasteiger partial charge in [-0.3, -0.25) is 0 Å². The highest BCUT2D eigenvalue weighted by Crippen LogP contribution is 2.08. The molecule has 0 aromatic heterocycles. The van der Waals surface area contributed by atoms with Crippen molar-refractivity contribution in [3.05, 3.63) is 29.6 Å². The van der Waals surface area contributed by atoms with Crippen LogP contribution < -0.4 is 5.30 Å². The number of hydrogen-bond acceptors (Lipinski definition) is 0. The largest absolute Gasteiger partial charge is 0.204 e. The van der Waals surface area contributed by atoms with Crippen molar-refractivity contribution in [2.45, 2.75) is 0 Å². The SMILES string of the molecule is Fc1cc(P)cc(F)c1F. The zero-order valence-corrected chi connectivity index (χ0v) is 6.02. The van der Waals surface area contributed by atoms with Crippen LogP contribution in [0.15, 0.2) is 12.1 Å². The van der Waals surface area contributed by atoms with Crippen LogP contribution in [-0.2, 0) is 0 Å². The average molecular weight is 164 g/mol. The number of hydrogen-bond donors (Lipinski definition) is 0. The molecular weight excluding hydrogens is 160 g/mol. The minimum absolute atomic E-state index is 0.288. The fourth-order valence-electron chi connectivity index (χ4n) is 0.575. The van der Waals surface area contributed by atoms with Crippen LogP contribution >= 0.6 is 9.24 Å². The predicted octanol–water partition coefficient (Wildman–Crippen LogP) is 1.60. The van der Waals surface area contributed by atoms with Crippen LogP contribution in [0.4, 0.5) is 13.2 Å². The molecule has 0 amide bonds. The average Bonchev–Trinajstić information content (AvgIpc) is 1.82. The standard InChI is InChI=1S/C6H4F3P/c7-4-1-3(10)2-5(8)6(4)9/h1-2H,10H2. The van der Waals surface area contributed by atoms with Crippen molar-refractivity contribution in [2.24, 2.45) is 0 Å². The van der Waals surface area contributed by atoms with Crippen molar-refractivity contribution >= 4 is 14.5 Å². The summed E-state index contributed by atoms with van der Waals surface area (Å²) < 4.78 is 36.6. The number of rotatable bonds is 0. The first-order chi connectivity index (χ1) is 4.61. The van der Waals surface area contributed by atoms with Crippen molar-refractivity contribution in [3.8, 4) is 0 Å². The quantitative estimate of drug-likeness (QED) is 0.403. The van der Waals surface area contributed by atoms with Crippen molar-refractivity contribution in [3.63, 3.8) is 0 Å². The summed E-state index contributed by atoms with van der Waals surface area (Å²) in [7, 11) is 2.07. The highest BCUT2D eigenvalue weighted by Gasteiger charge is 2.07. The molecule has 4 heteroatoms. The maximum atomic E-state index is 12.2. The first-order valence-corrected chi connectivity index (χ1v) is 3.09. The summed E-state index contributed by atoms with van der Waals surface area (Å²) in [5, 5.41) is 0.288. The van der Waals surface area contributed by atoms with Crippen LogP contribution in [0.25, 0.3) is 0 Å². The lowest BCUT2D eigenvalue weighted by atomic mass is 10.3. The smallest absolute Gasteiger partial charge is 0.194 e. The molecule has 0 fully saturated rings. The summed E-state index contributed by atoms with van der Waals surface area (Å²) >= 11 is 0. The van der Waals surface area contributed by atoms with E-state index in [-0.39, 0.29) is 5.30 Å². The molecule has 0 nitrogen and oxygen atoms in total. The molecular formula is C6H4F3P. The van der Waals surface area contributed by atoms with Gasteiger partial charge in [-0.2, -0.15) is 0 Å². The molecule has 1 unspecified atom stereocenters. The monoisotopic (exact) mass is 164 g/mol. The molecule has 0 aliphatic carbocycles. The molecule has 0 N–H and O–H groups in total. The van der Waals surface area contributed by atoms with Gasteiger partial charge in [0.1, 0.15) is 0 Å². The van der Waals surface area contributed by atoms with Gasteiger partial charge >= 0.3 is 0 Å². The second-order valence-corrected chi connectivity index (χ2v) is 2.47. The van der Waals surface area contributed by atoms with Crippen molar-refractivity contribution < 1.29 is 13.2 Å². The molecule has 1 aromatic rings. The van der Waals surface area contributed by atoms with Gasteiger partial charge in [0.05, 0.1) is 0 Å². The van der Waals surface area contributed by atoms with Gasteiger partial charge in [0, 0.05) is 0 Å². The maximum Gasteiger partial charge on any atom is 0.194 e. The molecule has 0 saturated heterocycles. The Hall–Kier alpha value is -0.560. The van der Waals surface area contributed by atoms with Gasteiger partial charge in [-0.25, -0.2) is 13.2 Å². The highest BCUT2D eigenvalue weighted by molar-refractivity contribution is 7.27. The lowest BCUT2D eigenvalue weighted by Crippen LogP contribution is -1.99. The Morgan fingerprint density at radius 1 is 1.00 bits per heavy atom. The molecule has 10 heavy (non-hydrogen) atoms. The van der Waals surface area contributed by atoms with Crippen LogP contribution in [0.1, 0.15) is 0 Å². The molecule has 54 valence electrons. The summed E-state index contributed by atoms with van der Waals surface area (Å²) in [6, 6.07) is 1.81. The third-order valence-corrected chi connectivity index (χ3v) is 1.34. The van der Waals surface area contributed by atoms with E-state index >= 15 is 0 Å². The molecule has 0 bridgehead atoms. The third-order valence-electron chi connectivity index (χ3n) is 1.01. The van der Waals surface area contributed by atoms with E-state index in [0.29, 0.717) is 0 Å². The fraction of sp³-hybridized carbons (Fsp3) is 0. The van der Waals surface area contributed by atoms with Gasteiger partial charge in [-0.1, -0.05) is 0 Å². The van der Waals surface area contributed by atoms with E-state index in [0.717, 1.165) is 12.1 Å². The molecule has 1 atom stereocenters. The minimum Gasteiger partial charge on any atom is -0.204 e. The minimum atomic E-state index is -1.42. The van der Waals surface area contributed by atoms with Crippen molar-refractivity contribution in [2.75, 3.05) is 0 Å². The predicted molar refractivity (Wildman–Crippen MR) is 35.7 cm³/mol. The van der Waals surface area contributed by atoms with Gasteiger partial charge in [-0.05, 0) is 17.4 Å². The Kier molecular flexibility index (Phi) is 1.95. The first kappa shape index (κ1) is 7.55. The van der Waals surface area contributed by atoms with E-state index in [4.69, 9.17) is 0 Å². The van der Waals surface area contributed by atoms with Crippen LogP contribution in [0.3, 0.4) is 0 Å². The molecule has 0 aliphatic rings. The Bertz CT molecular complexity index is 236. The van der Waals surface area contributed by atoms with Crippen LogP contribution in [0, 0.1) is 17.5 Å². The molecule has 1 aromatic carbocycles. The van der Waals surface area contributed by atoms with Gasteiger partial charge in [0.25, 0.3) is 0 Å². The van der Waals surface area contributed by atoms with E-state index in [1.807, 2.05) is 0 Å². The topological polar surface area (TPSA) is 0 Å². The van der Waals surface area contributed by atoms with Gasteiger partial charge in [0.2, 0.25) is 0 Å². The molecule has 0 spiro atoms.